The Labute approximate surface area is 181 Å². The molecule has 1 saturated carbocycles. The summed E-state index contributed by atoms with van der Waals surface area (Å²) < 4.78 is 5.57. The van der Waals surface area contributed by atoms with E-state index in [-0.39, 0.29) is 33.9 Å². The van der Waals surface area contributed by atoms with E-state index in [0.717, 1.165) is 6.07 Å². The number of aromatic carboxylic acids is 2. The molecule has 1 aromatic heterocycles. The number of carbonyl (C=O) groups excluding carboxylic acids is 4. The quantitative estimate of drug-likeness (QED) is 0.414. The SMILES string of the molecule is O=C1CC2C(=O)C(=O)c3c(cc4oc5cc(C(=O)O)c(C(=O)O)c(O)c5c4c3O)C2CC1=O. The molecule has 2 aliphatic carbocycles. The van der Waals surface area contributed by atoms with E-state index in [1.807, 2.05) is 0 Å². The van der Waals surface area contributed by atoms with Gasteiger partial charge in [0.05, 0.1) is 21.9 Å². The van der Waals surface area contributed by atoms with E-state index in [1.54, 1.807) is 0 Å². The minimum atomic E-state index is -1.75. The van der Waals surface area contributed by atoms with Gasteiger partial charge in [-0.25, -0.2) is 9.59 Å². The molecule has 2 unspecified atom stereocenters. The fourth-order valence-electron chi connectivity index (χ4n) is 4.79. The van der Waals surface area contributed by atoms with Crippen LogP contribution in [0, 0.1) is 5.92 Å². The molecule has 0 radical (unpaired) electrons. The molecular formula is C22H12O11. The number of aromatic hydroxyl groups is 2. The Kier molecular flexibility index (Phi) is 4.00. The van der Waals surface area contributed by atoms with Gasteiger partial charge in [0.2, 0.25) is 11.6 Å². The number of furan rings is 1. The lowest BCUT2D eigenvalue weighted by molar-refractivity contribution is -0.141. The van der Waals surface area contributed by atoms with E-state index in [0.29, 0.717) is 0 Å². The highest BCUT2D eigenvalue weighted by Gasteiger charge is 2.48. The first-order chi connectivity index (χ1) is 15.5. The number of hydrogen-bond donors (Lipinski definition) is 4. The number of fused-ring (bicyclic) bond motifs is 6. The van der Waals surface area contributed by atoms with Gasteiger partial charge in [0.15, 0.2) is 11.6 Å². The number of carboxylic acids is 2. The number of benzene rings is 2. The van der Waals surface area contributed by atoms with Gasteiger partial charge in [-0.1, -0.05) is 0 Å². The number of phenols is 2. The van der Waals surface area contributed by atoms with Gasteiger partial charge < -0.3 is 24.8 Å². The third-order valence-corrected chi connectivity index (χ3v) is 6.27. The smallest absolute Gasteiger partial charge is 0.340 e. The number of Topliss-reactive ketones (excluding diaryl/α,β-unsaturated/α-hetero) is 4. The molecule has 166 valence electrons. The number of carbonyl (C=O) groups is 6. The lowest BCUT2D eigenvalue weighted by Crippen LogP contribution is -2.42. The summed E-state index contributed by atoms with van der Waals surface area (Å²) in [5, 5.41) is 39.6. The lowest BCUT2D eigenvalue weighted by Gasteiger charge is -2.33. The third kappa shape index (κ3) is 2.56. The number of phenolic OH excluding ortho intramolecular Hbond substituents is 1. The molecular weight excluding hydrogens is 440 g/mol. The molecule has 0 aliphatic heterocycles. The van der Waals surface area contributed by atoms with Crippen LogP contribution in [0.25, 0.3) is 21.9 Å². The van der Waals surface area contributed by atoms with Gasteiger partial charge in [-0.15, -0.1) is 0 Å². The first-order valence-corrected chi connectivity index (χ1v) is 9.62. The molecule has 3 aromatic rings. The lowest BCUT2D eigenvalue weighted by atomic mass is 9.66. The Morgan fingerprint density at radius 1 is 0.818 bits per heavy atom. The van der Waals surface area contributed by atoms with Crippen molar-refractivity contribution in [3.8, 4) is 11.5 Å². The average Bonchev–Trinajstić information content (AvgIpc) is 3.12. The van der Waals surface area contributed by atoms with Crippen LogP contribution >= 0.6 is 0 Å². The van der Waals surface area contributed by atoms with Crippen LogP contribution in [0.4, 0.5) is 0 Å². The Balaban J connectivity index is 1.88. The summed E-state index contributed by atoms with van der Waals surface area (Å²) in [4.78, 5) is 72.4. The second-order valence-corrected chi connectivity index (χ2v) is 7.96. The topological polar surface area (TPSA) is 196 Å². The molecule has 2 aliphatic rings. The van der Waals surface area contributed by atoms with Crippen LogP contribution in [0.1, 0.15) is 55.4 Å². The zero-order chi connectivity index (χ0) is 23.9. The van der Waals surface area contributed by atoms with Crippen molar-refractivity contribution in [2.24, 2.45) is 5.92 Å². The first kappa shape index (κ1) is 20.4. The number of carboxylic acid groups (broad SMARTS) is 2. The second kappa shape index (κ2) is 6.48. The van der Waals surface area contributed by atoms with Gasteiger partial charge in [0.1, 0.15) is 28.2 Å². The van der Waals surface area contributed by atoms with E-state index in [1.165, 1.54) is 6.07 Å². The fourth-order valence-corrected chi connectivity index (χ4v) is 4.79. The maximum absolute atomic E-state index is 12.8. The molecule has 1 heterocycles. The van der Waals surface area contributed by atoms with Crippen molar-refractivity contribution >= 4 is 57.0 Å². The summed E-state index contributed by atoms with van der Waals surface area (Å²) in [5.74, 6) is -10.6. The van der Waals surface area contributed by atoms with E-state index in [9.17, 15) is 49.2 Å². The van der Waals surface area contributed by atoms with Crippen molar-refractivity contribution in [1.29, 1.82) is 0 Å². The summed E-state index contributed by atoms with van der Waals surface area (Å²) >= 11 is 0. The Hall–Kier alpha value is -4.54. The second-order valence-electron chi connectivity index (χ2n) is 7.96. The van der Waals surface area contributed by atoms with Crippen molar-refractivity contribution in [2.75, 3.05) is 0 Å². The highest BCUT2D eigenvalue weighted by molar-refractivity contribution is 6.49. The first-order valence-electron chi connectivity index (χ1n) is 9.62. The van der Waals surface area contributed by atoms with Crippen LogP contribution in [0.5, 0.6) is 11.5 Å². The minimum absolute atomic E-state index is 0.103. The van der Waals surface area contributed by atoms with Gasteiger partial charge in [-0.3, -0.25) is 19.2 Å². The maximum Gasteiger partial charge on any atom is 0.340 e. The van der Waals surface area contributed by atoms with Crippen LogP contribution < -0.4 is 0 Å². The predicted octanol–water partition coefficient (Wildman–Crippen LogP) is 1.79. The molecule has 2 atom stereocenters. The maximum atomic E-state index is 12.8. The molecule has 0 bridgehead atoms. The monoisotopic (exact) mass is 452 g/mol. The number of rotatable bonds is 2. The minimum Gasteiger partial charge on any atom is -0.506 e. The fraction of sp³-hybridized carbons (Fsp3) is 0.182. The van der Waals surface area contributed by atoms with Crippen molar-refractivity contribution < 1.29 is 53.6 Å². The summed E-state index contributed by atoms with van der Waals surface area (Å²) in [6.45, 7) is 0. The zero-order valence-electron chi connectivity index (χ0n) is 16.4. The van der Waals surface area contributed by atoms with Crippen LogP contribution in [-0.4, -0.2) is 55.5 Å². The molecule has 11 heteroatoms. The van der Waals surface area contributed by atoms with E-state index >= 15 is 0 Å². The van der Waals surface area contributed by atoms with Crippen LogP contribution in [0.2, 0.25) is 0 Å². The van der Waals surface area contributed by atoms with Gasteiger partial charge in [-0.2, -0.15) is 0 Å². The molecule has 11 nitrogen and oxygen atoms in total. The predicted molar refractivity (Wildman–Crippen MR) is 106 cm³/mol. The largest absolute Gasteiger partial charge is 0.506 e. The summed E-state index contributed by atoms with van der Waals surface area (Å²) in [6.07, 6.45) is -0.782. The van der Waals surface area contributed by atoms with E-state index in [2.05, 4.69) is 0 Å². The molecule has 1 fully saturated rings. The Morgan fingerprint density at radius 2 is 1.39 bits per heavy atom. The van der Waals surface area contributed by atoms with Crippen molar-refractivity contribution in [1.82, 2.24) is 0 Å². The van der Waals surface area contributed by atoms with Crippen LogP contribution in [-0.2, 0) is 14.4 Å². The van der Waals surface area contributed by atoms with E-state index in [4.69, 9.17) is 4.42 Å². The standard InChI is InChI=1S/C22H12O11/c23-9-1-5-6-3-11-15(18(26)13(6)20(28)17(25)7(5)2-10(9)24)16-12(33-11)4-8(21(29)30)14(19(16)27)22(31)32/h3-5,7,26-27H,1-2H2,(H,29,30)(H,31,32). The van der Waals surface area contributed by atoms with Crippen LogP contribution in [0.15, 0.2) is 16.5 Å². The average molecular weight is 452 g/mol. The third-order valence-electron chi connectivity index (χ3n) is 6.27. The van der Waals surface area contributed by atoms with Crippen molar-refractivity contribution in [3.05, 3.63) is 34.4 Å². The Morgan fingerprint density at radius 3 is 2.00 bits per heavy atom. The number of hydrogen-bond acceptors (Lipinski definition) is 9. The number of ketones is 4. The van der Waals surface area contributed by atoms with Gasteiger partial charge in [-0.05, 0) is 17.7 Å². The molecule has 2 aromatic carbocycles. The normalized spacial score (nSPS) is 20.2. The van der Waals surface area contributed by atoms with Crippen molar-refractivity contribution in [2.45, 2.75) is 18.8 Å². The molecule has 4 N–H and O–H groups in total. The van der Waals surface area contributed by atoms with Crippen LogP contribution in [0.3, 0.4) is 0 Å². The summed E-state index contributed by atoms with van der Waals surface area (Å²) in [6, 6.07) is 2.13. The van der Waals surface area contributed by atoms with Crippen molar-refractivity contribution in [3.63, 3.8) is 0 Å². The highest BCUT2D eigenvalue weighted by atomic mass is 16.4. The Bertz CT molecular complexity index is 1520. The zero-order valence-corrected chi connectivity index (χ0v) is 16.4. The highest BCUT2D eigenvalue weighted by Crippen LogP contribution is 2.50. The summed E-state index contributed by atoms with van der Waals surface area (Å²) in [7, 11) is 0. The molecule has 0 amide bonds. The molecule has 0 spiro atoms. The molecule has 33 heavy (non-hydrogen) atoms. The van der Waals surface area contributed by atoms with Gasteiger partial charge >= 0.3 is 11.9 Å². The molecule has 0 saturated heterocycles. The van der Waals surface area contributed by atoms with Gasteiger partial charge in [0.25, 0.3) is 0 Å². The summed E-state index contributed by atoms with van der Waals surface area (Å²) in [5.41, 5.74) is -2.47. The van der Waals surface area contributed by atoms with E-state index < -0.39 is 81.5 Å². The van der Waals surface area contributed by atoms with Gasteiger partial charge in [0, 0.05) is 24.7 Å². The molecule has 5 rings (SSSR count).